The van der Waals surface area contributed by atoms with Crippen molar-refractivity contribution in [1.82, 2.24) is 10.2 Å². The average Bonchev–Trinajstić information content (AvgIpc) is 2.46. The highest BCUT2D eigenvalue weighted by Gasteiger charge is 2.41. The topological polar surface area (TPSA) is 49.4 Å². The van der Waals surface area contributed by atoms with Crippen LogP contribution in [-0.4, -0.2) is 34.8 Å². The summed E-state index contributed by atoms with van der Waals surface area (Å²) in [5.74, 6) is 0.485. The Bertz CT molecular complexity index is 330. The van der Waals surface area contributed by atoms with Crippen LogP contribution in [0.25, 0.3) is 0 Å². The number of carbonyl (C=O) groups is 2. The lowest BCUT2D eigenvalue weighted by Crippen LogP contribution is -2.57. The summed E-state index contributed by atoms with van der Waals surface area (Å²) in [6.45, 7) is 10.7. The maximum atomic E-state index is 12.6. The van der Waals surface area contributed by atoms with E-state index in [0.717, 1.165) is 6.42 Å². The molecule has 2 amide bonds. The molecule has 0 bridgehead atoms. The van der Waals surface area contributed by atoms with Gasteiger partial charge in [-0.1, -0.05) is 27.2 Å². The largest absolute Gasteiger partial charge is 0.342 e. The number of hydrogen-bond acceptors (Lipinski definition) is 2. The zero-order valence-corrected chi connectivity index (χ0v) is 12.2. The van der Waals surface area contributed by atoms with E-state index in [1.165, 1.54) is 0 Å². The number of carbonyl (C=O) groups excluding carboxylic acids is 2. The van der Waals surface area contributed by atoms with Crippen molar-refractivity contribution in [2.45, 2.75) is 65.5 Å². The number of amides is 2. The number of hydrogen-bond donors (Lipinski definition) is 1. The SMILES string of the molecule is CCC(C)C(C)N1CCC(=O)NC(C)(CC)C1=O. The molecular weight excluding hydrogens is 228 g/mol. The van der Waals surface area contributed by atoms with Gasteiger partial charge in [-0.05, 0) is 26.2 Å². The molecule has 3 unspecified atom stereocenters. The molecule has 0 radical (unpaired) electrons. The van der Waals surface area contributed by atoms with Crippen LogP contribution in [0.2, 0.25) is 0 Å². The minimum absolute atomic E-state index is 0.0217. The summed E-state index contributed by atoms with van der Waals surface area (Å²) in [4.78, 5) is 26.2. The minimum Gasteiger partial charge on any atom is -0.342 e. The van der Waals surface area contributed by atoms with Crippen molar-refractivity contribution >= 4 is 11.8 Å². The first-order valence-electron chi connectivity index (χ1n) is 6.97. The van der Waals surface area contributed by atoms with E-state index in [-0.39, 0.29) is 17.9 Å². The van der Waals surface area contributed by atoms with E-state index in [2.05, 4.69) is 26.1 Å². The van der Waals surface area contributed by atoms with Crippen LogP contribution in [0, 0.1) is 5.92 Å². The molecule has 0 aliphatic carbocycles. The highest BCUT2D eigenvalue weighted by atomic mass is 16.2. The van der Waals surface area contributed by atoms with Crippen LogP contribution >= 0.6 is 0 Å². The number of nitrogens with one attached hydrogen (secondary N) is 1. The highest BCUT2D eigenvalue weighted by Crippen LogP contribution is 2.23. The fourth-order valence-corrected chi connectivity index (χ4v) is 2.34. The van der Waals surface area contributed by atoms with Gasteiger partial charge in [0.2, 0.25) is 11.8 Å². The van der Waals surface area contributed by atoms with Gasteiger partial charge in [0.1, 0.15) is 5.54 Å². The fraction of sp³-hybridized carbons (Fsp3) is 0.857. The van der Waals surface area contributed by atoms with E-state index in [0.29, 0.717) is 25.3 Å². The Morgan fingerprint density at radius 2 is 1.94 bits per heavy atom. The Labute approximate surface area is 110 Å². The summed E-state index contributed by atoms with van der Waals surface area (Å²) in [6, 6.07) is 0.182. The molecule has 1 N–H and O–H groups in total. The van der Waals surface area contributed by atoms with Gasteiger partial charge in [-0.2, -0.15) is 0 Å². The zero-order chi connectivity index (χ0) is 13.9. The lowest BCUT2D eigenvalue weighted by atomic mass is 9.93. The smallest absolute Gasteiger partial charge is 0.248 e. The quantitative estimate of drug-likeness (QED) is 0.833. The molecule has 4 heteroatoms. The zero-order valence-electron chi connectivity index (χ0n) is 12.2. The number of rotatable bonds is 4. The Morgan fingerprint density at radius 3 is 2.44 bits per heavy atom. The van der Waals surface area contributed by atoms with Gasteiger partial charge in [0.15, 0.2) is 0 Å². The molecule has 1 saturated heterocycles. The second-order valence-electron chi connectivity index (χ2n) is 5.61. The summed E-state index contributed by atoms with van der Waals surface area (Å²) in [7, 11) is 0. The van der Waals surface area contributed by atoms with E-state index < -0.39 is 5.54 Å². The highest BCUT2D eigenvalue weighted by molar-refractivity contribution is 5.93. The van der Waals surface area contributed by atoms with Crippen LogP contribution in [0.4, 0.5) is 0 Å². The van der Waals surface area contributed by atoms with Crippen molar-refractivity contribution < 1.29 is 9.59 Å². The van der Waals surface area contributed by atoms with Crippen LogP contribution in [0.15, 0.2) is 0 Å². The van der Waals surface area contributed by atoms with Gasteiger partial charge in [-0.25, -0.2) is 0 Å². The van der Waals surface area contributed by atoms with E-state index >= 15 is 0 Å². The summed E-state index contributed by atoms with van der Waals surface area (Å²) in [5.41, 5.74) is -0.741. The van der Waals surface area contributed by atoms with E-state index in [1.54, 1.807) is 0 Å². The molecule has 0 aromatic carbocycles. The molecule has 0 spiro atoms. The van der Waals surface area contributed by atoms with Crippen molar-refractivity contribution in [3.63, 3.8) is 0 Å². The Balaban J connectivity index is 2.98. The first kappa shape index (κ1) is 15.0. The molecule has 0 aromatic heterocycles. The third-order valence-electron chi connectivity index (χ3n) is 4.39. The molecule has 104 valence electrons. The van der Waals surface area contributed by atoms with Gasteiger partial charge in [0.05, 0.1) is 0 Å². The van der Waals surface area contributed by atoms with E-state index in [9.17, 15) is 9.59 Å². The third-order valence-corrected chi connectivity index (χ3v) is 4.39. The Morgan fingerprint density at radius 1 is 1.33 bits per heavy atom. The second kappa shape index (κ2) is 5.72. The van der Waals surface area contributed by atoms with Gasteiger partial charge in [-0.15, -0.1) is 0 Å². The molecule has 1 aliphatic heterocycles. The van der Waals surface area contributed by atoms with Gasteiger partial charge < -0.3 is 10.2 Å². The summed E-state index contributed by atoms with van der Waals surface area (Å²) in [6.07, 6.45) is 2.07. The third kappa shape index (κ3) is 2.85. The Kier molecular flexibility index (Phi) is 4.77. The minimum atomic E-state index is -0.741. The van der Waals surface area contributed by atoms with Crippen LogP contribution in [0.3, 0.4) is 0 Å². The maximum absolute atomic E-state index is 12.6. The van der Waals surface area contributed by atoms with Gasteiger partial charge in [0, 0.05) is 19.0 Å². The normalized spacial score (nSPS) is 28.6. The molecule has 1 aliphatic rings. The standard InChI is InChI=1S/C14H26N2O2/c1-6-10(3)11(4)16-9-8-12(17)15-14(5,7-2)13(16)18/h10-11H,6-9H2,1-5H3,(H,15,17). The molecule has 4 nitrogen and oxygen atoms in total. The van der Waals surface area contributed by atoms with Gasteiger partial charge in [-0.3, -0.25) is 9.59 Å². The van der Waals surface area contributed by atoms with Crippen molar-refractivity contribution in [1.29, 1.82) is 0 Å². The van der Waals surface area contributed by atoms with Crippen molar-refractivity contribution in [3.8, 4) is 0 Å². The van der Waals surface area contributed by atoms with Crippen LogP contribution in [-0.2, 0) is 9.59 Å². The monoisotopic (exact) mass is 254 g/mol. The second-order valence-corrected chi connectivity index (χ2v) is 5.61. The van der Waals surface area contributed by atoms with Crippen molar-refractivity contribution in [2.75, 3.05) is 6.54 Å². The first-order valence-corrected chi connectivity index (χ1v) is 6.97. The molecule has 0 saturated carbocycles. The average molecular weight is 254 g/mol. The fourth-order valence-electron chi connectivity index (χ4n) is 2.34. The predicted molar refractivity (Wildman–Crippen MR) is 72.1 cm³/mol. The van der Waals surface area contributed by atoms with Crippen LogP contribution < -0.4 is 5.32 Å². The lowest BCUT2D eigenvalue weighted by molar-refractivity contribution is -0.140. The molecule has 18 heavy (non-hydrogen) atoms. The first-order chi connectivity index (χ1) is 8.35. The van der Waals surface area contributed by atoms with Crippen molar-refractivity contribution in [2.24, 2.45) is 5.92 Å². The van der Waals surface area contributed by atoms with Crippen molar-refractivity contribution in [3.05, 3.63) is 0 Å². The van der Waals surface area contributed by atoms with Gasteiger partial charge in [0.25, 0.3) is 0 Å². The summed E-state index contributed by atoms with van der Waals surface area (Å²) < 4.78 is 0. The summed E-state index contributed by atoms with van der Waals surface area (Å²) >= 11 is 0. The molecule has 1 rings (SSSR count). The summed E-state index contributed by atoms with van der Waals surface area (Å²) in [5, 5.41) is 2.87. The van der Waals surface area contributed by atoms with Crippen LogP contribution in [0.5, 0.6) is 0 Å². The molecule has 0 aromatic rings. The molecule has 1 fully saturated rings. The Hall–Kier alpha value is -1.06. The molecular formula is C14H26N2O2. The molecule has 3 atom stereocenters. The number of nitrogens with zero attached hydrogens (tertiary/aromatic N) is 1. The van der Waals surface area contributed by atoms with Crippen LogP contribution in [0.1, 0.15) is 53.9 Å². The van der Waals surface area contributed by atoms with E-state index in [1.807, 2.05) is 18.7 Å². The lowest BCUT2D eigenvalue weighted by Gasteiger charge is -2.37. The molecule has 1 heterocycles. The van der Waals surface area contributed by atoms with Gasteiger partial charge >= 0.3 is 0 Å². The maximum Gasteiger partial charge on any atom is 0.248 e. The predicted octanol–water partition coefficient (Wildman–Crippen LogP) is 1.94. The van der Waals surface area contributed by atoms with E-state index in [4.69, 9.17) is 0 Å².